The number of methoxy groups -OCH3 is 1. The maximum absolute atomic E-state index is 12.9. The van der Waals surface area contributed by atoms with Crippen LogP contribution in [0.2, 0.25) is 0 Å². The van der Waals surface area contributed by atoms with Gasteiger partial charge in [-0.25, -0.2) is 4.98 Å². The van der Waals surface area contributed by atoms with Crippen LogP contribution in [-0.4, -0.2) is 46.2 Å². The molecule has 1 aliphatic heterocycles. The number of ether oxygens (including phenoxy) is 1. The number of aromatic nitrogens is 2. The van der Waals surface area contributed by atoms with Gasteiger partial charge in [0.2, 0.25) is 5.91 Å². The third kappa shape index (κ3) is 3.67. The van der Waals surface area contributed by atoms with Crippen LogP contribution in [-0.2, 0) is 22.5 Å². The molecule has 1 aromatic carbocycles. The number of amides is 1. The minimum atomic E-state index is 0.0856. The first-order valence-electron chi connectivity index (χ1n) is 8.53. The van der Waals surface area contributed by atoms with Crippen molar-refractivity contribution in [3.05, 3.63) is 54.1 Å². The molecule has 0 unspecified atom stereocenters. The van der Waals surface area contributed by atoms with Gasteiger partial charge < -0.3 is 14.2 Å². The SMILES string of the molecule is CO[C@H]1CCCN(C(=O)Cn2ccnc2C)[C@H]1Cc1ccccc1. The summed E-state index contributed by atoms with van der Waals surface area (Å²) in [6.07, 6.45) is 6.50. The molecule has 0 spiro atoms. The van der Waals surface area contributed by atoms with Crippen LogP contribution in [0.5, 0.6) is 0 Å². The highest BCUT2D eigenvalue weighted by atomic mass is 16.5. The zero-order valence-corrected chi connectivity index (χ0v) is 14.4. The lowest BCUT2D eigenvalue weighted by atomic mass is 9.92. The highest BCUT2D eigenvalue weighted by Gasteiger charge is 2.34. The molecule has 128 valence electrons. The van der Waals surface area contributed by atoms with E-state index in [1.165, 1.54) is 5.56 Å². The van der Waals surface area contributed by atoms with Crippen LogP contribution in [0.3, 0.4) is 0 Å². The normalized spacial score (nSPS) is 21.0. The lowest BCUT2D eigenvalue weighted by Crippen LogP contribution is -2.53. The van der Waals surface area contributed by atoms with Crippen LogP contribution in [0, 0.1) is 6.92 Å². The van der Waals surface area contributed by atoms with Gasteiger partial charge in [0.15, 0.2) is 0 Å². The van der Waals surface area contributed by atoms with Gasteiger partial charge in [-0.3, -0.25) is 4.79 Å². The minimum absolute atomic E-state index is 0.0856. The Kier molecular flexibility index (Phi) is 5.30. The second kappa shape index (κ2) is 7.62. The molecule has 0 aliphatic carbocycles. The molecule has 24 heavy (non-hydrogen) atoms. The van der Waals surface area contributed by atoms with E-state index in [0.717, 1.165) is 31.6 Å². The molecule has 0 saturated carbocycles. The van der Waals surface area contributed by atoms with Gasteiger partial charge in [-0.1, -0.05) is 30.3 Å². The lowest BCUT2D eigenvalue weighted by molar-refractivity contribution is -0.140. The monoisotopic (exact) mass is 327 g/mol. The van der Waals surface area contributed by atoms with Crippen LogP contribution in [0.25, 0.3) is 0 Å². The number of nitrogens with zero attached hydrogens (tertiary/aromatic N) is 3. The summed E-state index contributed by atoms with van der Waals surface area (Å²) in [5.41, 5.74) is 1.24. The Morgan fingerprint density at radius 3 is 2.79 bits per heavy atom. The Morgan fingerprint density at radius 2 is 2.12 bits per heavy atom. The van der Waals surface area contributed by atoms with E-state index in [2.05, 4.69) is 17.1 Å². The van der Waals surface area contributed by atoms with Gasteiger partial charge in [0, 0.05) is 26.0 Å². The summed E-state index contributed by atoms with van der Waals surface area (Å²) < 4.78 is 7.60. The van der Waals surface area contributed by atoms with Crippen molar-refractivity contribution in [3.63, 3.8) is 0 Å². The topological polar surface area (TPSA) is 47.4 Å². The van der Waals surface area contributed by atoms with E-state index in [-0.39, 0.29) is 18.1 Å². The van der Waals surface area contributed by atoms with Crippen LogP contribution in [0.4, 0.5) is 0 Å². The fraction of sp³-hybridized carbons (Fsp3) is 0.474. The number of benzene rings is 1. The third-order valence-corrected chi connectivity index (χ3v) is 4.86. The molecule has 2 heterocycles. The van der Waals surface area contributed by atoms with E-state index in [0.29, 0.717) is 6.54 Å². The number of carbonyl (C=O) groups is 1. The first-order valence-corrected chi connectivity index (χ1v) is 8.53. The summed E-state index contributed by atoms with van der Waals surface area (Å²) in [6.45, 7) is 3.06. The van der Waals surface area contributed by atoms with Crippen molar-refractivity contribution in [3.8, 4) is 0 Å². The largest absolute Gasteiger partial charge is 0.379 e. The van der Waals surface area contributed by atoms with Gasteiger partial charge in [0.1, 0.15) is 12.4 Å². The zero-order chi connectivity index (χ0) is 16.9. The summed E-state index contributed by atoms with van der Waals surface area (Å²) >= 11 is 0. The van der Waals surface area contributed by atoms with Crippen LogP contribution in [0.1, 0.15) is 24.2 Å². The van der Waals surface area contributed by atoms with Crippen LogP contribution >= 0.6 is 0 Å². The van der Waals surface area contributed by atoms with Gasteiger partial charge in [-0.05, 0) is 31.7 Å². The minimum Gasteiger partial charge on any atom is -0.379 e. The number of hydrogen-bond acceptors (Lipinski definition) is 3. The molecule has 1 saturated heterocycles. The van der Waals surface area contributed by atoms with Crippen LogP contribution < -0.4 is 0 Å². The summed E-state index contributed by atoms with van der Waals surface area (Å²) in [5, 5.41) is 0. The number of imidazole rings is 1. The van der Waals surface area contributed by atoms with Gasteiger partial charge in [-0.2, -0.15) is 0 Å². The highest BCUT2D eigenvalue weighted by Crippen LogP contribution is 2.24. The number of hydrogen-bond donors (Lipinski definition) is 0. The third-order valence-electron chi connectivity index (χ3n) is 4.86. The van der Waals surface area contributed by atoms with Crippen molar-refractivity contribution in [2.75, 3.05) is 13.7 Å². The van der Waals surface area contributed by atoms with E-state index in [1.54, 1.807) is 13.3 Å². The fourth-order valence-corrected chi connectivity index (χ4v) is 3.51. The second-order valence-corrected chi connectivity index (χ2v) is 6.36. The number of rotatable bonds is 5. The van der Waals surface area contributed by atoms with E-state index < -0.39 is 0 Å². The number of piperidine rings is 1. The molecule has 1 aromatic heterocycles. The summed E-state index contributed by atoms with van der Waals surface area (Å²) in [4.78, 5) is 19.1. The zero-order valence-electron chi connectivity index (χ0n) is 14.4. The molecule has 1 aliphatic rings. The molecular weight excluding hydrogens is 302 g/mol. The second-order valence-electron chi connectivity index (χ2n) is 6.36. The highest BCUT2D eigenvalue weighted by molar-refractivity contribution is 5.76. The van der Waals surface area contributed by atoms with E-state index >= 15 is 0 Å². The molecule has 5 nitrogen and oxygen atoms in total. The molecule has 1 amide bonds. The molecular formula is C19H25N3O2. The number of aryl methyl sites for hydroxylation is 1. The predicted molar refractivity (Wildman–Crippen MR) is 92.6 cm³/mol. The molecule has 0 bridgehead atoms. The van der Waals surface area contributed by atoms with Crippen molar-refractivity contribution in [2.45, 2.75) is 44.9 Å². The number of carbonyl (C=O) groups excluding carboxylic acids is 1. The van der Waals surface area contributed by atoms with Gasteiger partial charge in [-0.15, -0.1) is 0 Å². The Hall–Kier alpha value is -2.14. The average Bonchev–Trinajstić information content (AvgIpc) is 3.00. The van der Waals surface area contributed by atoms with Crippen molar-refractivity contribution < 1.29 is 9.53 Å². The maximum atomic E-state index is 12.9. The summed E-state index contributed by atoms with van der Waals surface area (Å²) in [6, 6.07) is 10.4. The summed E-state index contributed by atoms with van der Waals surface area (Å²) in [7, 11) is 1.75. The Balaban J connectivity index is 1.77. The van der Waals surface area contributed by atoms with Crippen LogP contribution in [0.15, 0.2) is 42.7 Å². The maximum Gasteiger partial charge on any atom is 0.242 e. The van der Waals surface area contributed by atoms with Crippen molar-refractivity contribution >= 4 is 5.91 Å². The molecule has 3 rings (SSSR count). The van der Waals surface area contributed by atoms with Crippen molar-refractivity contribution in [1.82, 2.24) is 14.5 Å². The Labute approximate surface area is 143 Å². The van der Waals surface area contributed by atoms with Gasteiger partial charge >= 0.3 is 0 Å². The first-order chi connectivity index (χ1) is 11.7. The molecule has 0 N–H and O–H groups in total. The van der Waals surface area contributed by atoms with Crippen molar-refractivity contribution in [1.29, 1.82) is 0 Å². The quantitative estimate of drug-likeness (QED) is 0.847. The first kappa shape index (κ1) is 16.7. The Morgan fingerprint density at radius 1 is 1.33 bits per heavy atom. The molecule has 1 fully saturated rings. The molecule has 0 radical (unpaired) electrons. The van der Waals surface area contributed by atoms with Gasteiger partial charge in [0.25, 0.3) is 0 Å². The van der Waals surface area contributed by atoms with E-state index in [9.17, 15) is 4.79 Å². The predicted octanol–water partition coefficient (Wildman–Crippen LogP) is 2.44. The molecule has 2 atom stereocenters. The average molecular weight is 327 g/mol. The fourth-order valence-electron chi connectivity index (χ4n) is 3.51. The smallest absolute Gasteiger partial charge is 0.242 e. The Bertz CT molecular complexity index is 668. The van der Waals surface area contributed by atoms with E-state index in [4.69, 9.17) is 4.74 Å². The van der Waals surface area contributed by atoms with Gasteiger partial charge in [0.05, 0.1) is 12.1 Å². The number of likely N-dealkylation sites (tertiary alicyclic amines) is 1. The summed E-state index contributed by atoms with van der Waals surface area (Å²) in [5.74, 6) is 1.00. The standard InChI is InChI=1S/C19H25N3O2/c1-15-20-10-12-21(15)14-19(23)22-11-6-9-18(24-2)17(22)13-16-7-4-3-5-8-16/h3-5,7-8,10,12,17-18H,6,9,11,13-14H2,1-2H3/t17-,18-/m0/s1. The van der Waals surface area contributed by atoms with Crippen molar-refractivity contribution in [2.24, 2.45) is 0 Å². The molecule has 5 heteroatoms. The van der Waals surface area contributed by atoms with E-state index in [1.807, 2.05) is 40.8 Å². The molecule has 2 aromatic rings. The lowest BCUT2D eigenvalue weighted by Gasteiger charge is -2.41.